The number of hydrogen-bond acceptors (Lipinski definition) is 6. The molecule has 4 N–H and O–H groups in total. The van der Waals surface area contributed by atoms with Crippen LogP contribution in [0.15, 0.2) is 24.5 Å². The maximum absolute atomic E-state index is 12.1. The van der Waals surface area contributed by atoms with E-state index in [0.29, 0.717) is 18.5 Å². The molecule has 1 atom stereocenters. The number of carbonyl (C=O) groups is 3. The second-order valence-corrected chi connectivity index (χ2v) is 6.47. The number of carbonyl (C=O) groups excluding carboxylic acids is 2. The highest BCUT2D eigenvalue weighted by molar-refractivity contribution is 5.94. The number of pyridine rings is 1. The molecule has 3 heterocycles. The summed E-state index contributed by atoms with van der Waals surface area (Å²) < 4.78 is 1.64. The van der Waals surface area contributed by atoms with Gasteiger partial charge in [-0.05, 0) is 24.5 Å². The summed E-state index contributed by atoms with van der Waals surface area (Å²) in [6.45, 7) is 1.28. The van der Waals surface area contributed by atoms with Crippen molar-refractivity contribution in [1.29, 1.82) is 0 Å². The van der Waals surface area contributed by atoms with Crippen molar-refractivity contribution in [1.82, 2.24) is 25.4 Å². The standard InChI is InChI=1S/C18H22N6O4/c25-11-21-15(18(27)28)9-20-17(26)13-8-22-24(10-13)7-5-14-4-3-12-2-1-6-19-16(12)23-14/h3-4,8,10-11,15H,1-2,5-7,9H2,(H,19,23)(H,20,26)(H,21,25)(H,27,28)/t15-/m1/s1. The summed E-state index contributed by atoms with van der Waals surface area (Å²) >= 11 is 0. The van der Waals surface area contributed by atoms with E-state index in [4.69, 9.17) is 5.11 Å². The van der Waals surface area contributed by atoms with Crippen molar-refractivity contribution >= 4 is 24.1 Å². The molecule has 0 unspecified atom stereocenters. The van der Waals surface area contributed by atoms with Gasteiger partial charge in [0.1, 0.15) is 11.9 Å². The summed E-state index contributed by atoms with van der Waals surface area (Å²) in [5, 5.41) is 21.0. The van der Waals surface area contributed by atoms with E-state index in [1.807, 2.05) is 6.07 Å². The van der Waals surface area contributed by atoms with Crippen molar-refractivity contribution < 1.29 is 19.5 Å². The SMILES string of the molecule is O=CN[C@H](CNC(=O)c1cnn(CCc2ccc3c(n2)NCCC3)c1)C(=O)O. The van der Waals surface area contributed by atoms with Crippen LogP contribution in [0.3, 0.4) is 0 Å². The molecule has 2 aromatic rings. The van der Waals surface area contributed by atoms with Gasteiger partial charge in [-0.15, -0.1) is 0 Å². The lowest BCUT2D eigenvalue weighted by atomic mass is 10.1. The van der Waals surface area contributed by atoms with Gasteiger partial charge >= 0.3 is 5.97 Å². The maximum atomic E-state index is 12.1. The molecule has 0 spiro atoms. The molecule has 3 rings (SSSR count). The number of aromatic nitrogens is 3. The number of anilines is 1. The summed E-state index contributed by atoms with van der Waals surface area (Å²) in [4.78, 5) is 38.1. The number of aryl methyl sites for hydroxylation is 3. The number of rotatable bonds is 9. The molecule has 0 saturated carbocycles. The average molecular weight is 386 g/mol. The molecule has 0 bridgehead atoms. The van der Waals surface area contributed by atoms with E-state index in [0.717, 1.165) is 30.9 Å². The quantitative estimate of drug-likeness (QED) is 0.438. The van der Waals surface area contributed by atoms with Gasteiger partial charge in [0, 0.05) is 37.9 Å². The van der Waals surface area contributed by atoms with Crippen LogP contribution in [0.4, 0.5) is 5.82 Å². The summed E-state index contributed by atoms with van der Waals surface area (Å²) in [5.41, 5.74) is 2.49. The molecule has 0 radical (unpaired) electrons. The number of nitrogens with zero attached hydrogens (tertiary/aromatic N) is 3. The van der Waals surface area contributed by atoms with Crippen LogP contribution >= 0.6 is 0 Å². The minimum Gasteiger partial charge on any atom is -0.480 e. The fourth-order valence-electron chi connectivity index (χ4n) is 2.94. The number of carboxylic acids is 1. The largest absolute Gasteiger partial charge is 0.480 e. The highest BCUT2D eigenvalue weighted by atomic mass is 16.4. The van der Waals surface area contributed by atoms with Gasteiger partial charge in [0.15, 0.2) is 0 Å². The molecule has 0 saturated heterocycles. The van der Waals surface area contributed by atoms with Crippen LogP contribution in [0, 0.1) is 0 Å². The molecule has 10 heteroatoms. The van der Waals surface area contributed by atoms with Gasteiger partial charge in [0.2, 0.25) is 6.41 Å². The first kappa shape index (κ1) is 19.3. The Morgan fingerprint density at radius 1 is 1.39 bits per heavy atom. The van der Waals surface area contributed by atoms with Gasteiger partial charge < -0.3 is 21.1 Å². The Bertz CT molecular complexity index is 866. The Hall–Kier alpha value is -3.43. The fourth-order valence-corrected chi connectivity index (χ4v) is 2.94. The van der Waals surface area contributed by atoms with Gasteiger partial charge in [0.05, 0.1) is 11.8 Å². The lowest BCUT2D eigenvalue weighted by Gasteiger charge is -2.17. The predicted octanol–water partition coefficient (Wildman–Crippen LogP) is -0.192. The molecule has 1 aliphatic rings. The monoisotopic (exact) mass is 386 g/mol. The van der Waals surface area contributed by atoms with Crippen molar-refractivity contribution in [3.63, 3.8) is 0 Å². The van der Waals surface area contributed by atoms with Crippen molar-refractivity contribution in [3.8, 4) is 0 Å². The summed E-state index contributed by atoms with van der Waals surface area (Å²) in [5.74, 6) is -0.738. The molecule has 148 valence electrons. The number of fused-ring (bicyclic) bond motifs is 1. The zero-order valence-electron chi connectivity index (χ0n) is 15.2. The van der Waals surface area contributed by atoms with Gasteiger partial charge in [-0.25, -0.2) is 9.78 Å². The lowest BCUT2D eigenvalue weighted by Crippen LogP contribution is -2.45. The van der Waals surface area contributed by atoms with E-state index in [1.54, 1.807) is 10.9 Å². The third-order valence-electron chi connectivity index (χ3n) is 4.48. The molecule has 0 aromatic carbocycles. The Morgan fingerprint density at radius 2 is 2.25 bits per heavy atom. The number of carboxylic acid groups (broad SMARTS) is 1. The van der Waals surface area contributed by atoms with Crippen molar-refractivity contribution in [3.05, 3.63) is 41.3 Å². The summed E-state index contributed by atoms with van der Waals surface area (Å²) in [7, 11) is 0. The van der Waals surface area contributed by atoms with Crippen LogP contribution in [0.25, 0.3) is 0 Å². The van der Waals surface area contributed by atoms with Gasteiger partial charge in [-0.1, -0.05) is 6.07 Å². The van der Waals surface area contributed by atoms with Crippen LogP contribution in [-0.2, 0) is 29.0 Å². The zero-order valence-corrected chi connectivity index (χ0v) is 15.2. The zero-order chi connectivity index (χ0) is 19.9. The molecule has 1 aliphatic heterocycles. The number of aliphatic carboxylic acids is 1. The van der Waals surface area contributed by atoms with Crippen LogP contribution < -0.4 is 16.0 Å². The Kier molecular flexibility index (Phi) is 6.20. The van der Waals surface area contributed by atoms with Crippen LogP contribution in [0.5, 0.6) is 0 Å². The Labute approximate surface area is 161 Å². The normalized spacial score (nSPS) is 13.7. The van der Waals surface area contributed by atoms with E-state index in [9.17, 15) is 14.4 Å². The molecule has 28 heavy (non-hydrogen) atoms. The first-order valence-electron chi connectivity index (χ1n) is 9.02. The second-order valence-electron chi connectivity index (χ2n) is 6.47. The Morgan fingerprint density at radius 3 is 3.04 bits per heavy atom. The van der Waals surface area contributed by atoms with E-state index in [1.165, 1.54) is 11.8 Å². The number of hydrogen-bond donors (Lipinski definition) is 4. The summed E-state index contributed by atoms with van der Waals surface area (Å²) in [6, 6.07) is 2.92. The Balaban J connectivity index is 1.53. The van der Waals surface area contributed by atoms with Gasteiger partial charge in [-0.2, -0.15) is 5.10 Å². The van der Waals surface area contributed by atoms with E-state index in [2.05, 4.69) is 32.1 Å². The van der Waals surface area contributed by atoms with Crippen molar-refractivity contribution in [2.45, 2.75) is 31.8 Å². The molecule has 0 aliphatic carbocycles. The van der Waals surface area contributed by atoms with Crippen LogP contribution in [0.2, 0.25) is 0 Å². The van der Waals surface area contributed by atoms with E-state index < -0.39 is 17.9 Å². The third kappa shape index (κ3) is 4.84. The number of amides is 2. The minimum atomic E-state index is -1.23. The predicted molar refractivity (Wildman–Crippen MR) is 99.9 cm³/mol. The highest BCUT2D eigenvalue weighted by Crippen LogP contribution is 2.19. The van der Waals surface area contributed by atoms with Crippen LogP contribution in [-0.4, -0.2) is 57.3 Å². The fraction of sp³-hybridized carbons (Fsp3) is 0.389. The average Bonchev–Trinajstić information content (AvgIpc) is 3.18. The molecule has 2 aromatic heterocycles. The smallest absolute Gasteiger partial charge is 0.328 e. The van der Waals surface area contributed by atoms with Crippen LogP contribution in [0.1, 0.15) is 28.0 Å². The second kappa shape index (κ2) is 8.98. The van der Waals surface area contributed by atoms with E-state index in [-0.39, 0.29) is 13.0 Å². The maximum Gasteiger partial charge on any atom is 0.328 e. The molecular weight excluding hydrogens is 364 g/mol. The molecular formula is C18H22N6O4. The van der Waals surface area contributed by atoms with Crippen molar-refractivity contribution in [2.75, 3.05) is 18.4 Å². The molecule has 0 fully saturated rings. The molecule has 2 amide bonds. The first-order chi connectivity index (χ1) is 13.6. The third-order valence-corrected chi connectivity index (χ3v) is 4.48. The van der Waals surface area contributed by atoms with Gasteiger partial charge in [0.25, 0.3) is 5.91 Å². The topological polar surface area (TPSA) is 138 Å². The van der Waals surface area contributed by atoms with E-state index >= 15 is 0 Å². The summed E-state index contributed by atoms with van der Waals surface area (Å²) in [6.07, 6.45) is 6.12. The van der Waals surface area contributed by atoms with Crippen molar-refractivity contribution in [2.24, 2.45) is 0 Å². The highest BCUT2D eigenvalue weighted by Gasteiger charge is 2.18. The lowest BCUT2D eigenvalue weighted by molar-refractivity contribution is -0.140. The minimum absolute atomic E-state index is 0.218. The van der Waals surface area contributed by atoms with Gasteiger partial charge in [-0.3, -0.25) is 14.3 Å². The molecule has 10 nitrogen and oxygen atoms in total. The first-order valence-corrected chi connectivity index (χ1v) is 9.02. The number of nitrogens with one attached hydrogen (secondary N) is 3.